The van der Waals surface area contributed by atoms with E-state index in [1.807, 2.05) is 49.2 Å². The Balaban J connectivity index is 1.66. The van der Waals surface area contributed by atoms with Gasteiger partial charge in [0.25, 0.3) is 0 Å². The molecule has 1 atom stereocenters. The lowest BCUT2D eigenvalue weighted by Gasteiger charge is -2.24. The number of nitrogens with zero attached hydrogens (tertiary/aromatic N) is 3. The Labute approximate surface area is 160 Å². The van der Waals surface area contributed by atoms with E-state index in [0.717, 1.165) is 29.2 Å². The third-order valence-corrected chi connectivity index (χ3v) is 6.56. The Hall–Kier alpha value is -2.35. The number of aryl methyl sites for hydroxylation is 1. The lowest BCUT2D eigenvalue weighted by molar-refractivity contribution is 0.410. The van der Waals surface area contributed by atoms with Crippen molar-refractivity contribution in [3.63, 3.8) is 0 Å². The van der Waals surface area contributed by atoms with Crippen molar-refractivity contribution in [3.8, 4) is 5.75 Å². The topological polar surface area (TPSA) is 84.4 Å². The molecule has 0 saturated carbocycles. The van der Waals surface area contributed by atoms with E-state index in [2.05, 4.69) is 15.3 Å². The number of nitrogens with one attached hydrogen (secondary N) is 1. The van der Waals surface area contributed by atoms with Gasteiger partial charge in [0, 0.05) is 31.4 Å². The maximum absolute atomic E-state index is 11.7. The van der Waals surface area contributed by atoms with E-state index in [4.69, 9.17) is 4.74 Å². The summed E-state index contributed by atoms with van der Waals surface area (Å²) in [6.07, 6.45) is 1.42. The van der Waals surface area contributed by atoms with Crippen LogP contribution in [0.4, 0.5) is 11.8 Å². The number of anilines is 2. The summed E-state index contributed by atoms with van der Waals surface area (Å²) in [7, 11) is 0.587. The lowest BCUT2D eigenvalue weighted by Crippen LogP contribution is -2.34. The van der Waals surface area contributed by atoms with Crippen LogP contribution in [-0.4, -0.2) is 56.6 Å². The van der Waals surface area contributed by atoms with Gasteiger partial charge in [0.15, 0.2) is 9.84 Å². The molecule has 2 heterocycles. The Morgan fingerprint density at radius 3 is 2.78 bits per heavy atom. The first kappa shape index (κ1) is 19.4. The van der Waals surface area contributed by atoms with Crippen LogP contribution >= 0.6 is 0 Å². The molecular formula is C19H26N4O3S. The van der Waals surface area contributed by atoms with Gasteiger partial charge in [0.2, 0.25) is 5.95 Å². The number of hydrogen-bond donors (Lipinski definition) is 1. The lowest BCUT2D eigenvalue weighted by atomic mass is 10.1. The van der Waals surface area contributed by atoms with Gasteiger partial charge in [-0.3, -0.25) is 0 Å². The van der Waals surface area contributed by atoms with Gasteiger partial charge in [-0.05, 0) is 31.4 Å². The third-order valence-electron chi connectivity index (χ3n) is 4.81. The Kier molecular flexibility index (Phi) is 5.84. The highest BCUT2D eigenvalue weighted by molar-refractivity contribution is 7.91. The van der Waals surface area contributed by atoms with Gasteiger partial charge in [-0.2, -0.15) is 4.98 Å². The fourth-order valence-electron chi connectivity index (χ4n) is 3.28. The Morgan fingerprint density at radius 1 is 1.30 bits per heavy atom. The average Bonchev–Trinajstić information content (AvgIpc) is 3.01. The Bertz CT molecular complexity index is 902. The molecule has 27 heavy (non-hydrogen) atoms. The third kappa shape index (κ3) is 4.88. The number of hydrogen-bond acceptors (Lipinski definition) is 7. The number of sulfone groups is 1. The zero-order valence-corrected chi connectivity index (χ0v) is 16.8. The molecule has 3 rings (SSSR count). The smallest absolute Gasteiger partial charge is 0.227 e. The van der Waals surface area contributed by atoms with Gasteiger partial charge in [0.1, 0.15) is 11.6 Å². The summed E-state index contributed by atoms with van der Waals surface area (Å²) in [6, 6.07) is 9.77. The summed E-state index contributed by atoms with van der Waals surface area (Å²) in [4.78, 5) is 10.9. The number of rotatable bonds is 7. The van der Waals surface area contributed by atoms with Crippen molar-refractivity contribution in [2.75, 3.05) is 42.4 Å². The SMILES string of the molecule is COc1ccccc1CCNc1cc(C)nc(N(C)C2CCS(=O)(=O)C2)n1. The van der Waals surface area contributed by atoms with Crippen molar-refractivity contribution in [2.24, 2.45) is 0 Å². The van der Waals surface area contributed by atoms with E-state index >= 15 is 0 Å². The van der Waals surface area contributed by atoms with Crippen LogP contribution in [0.3, 0.4) is 0 Å². The van der Waals surface area contributed by atoms with E-state index < -0.39 is 9.84 Å². The Morgan fingerprint density at radius 2 is 2.07 bits per heavy atom. The summed E-state index contributed by atoms with van der Waals surface area (Å²) in [6.45, 7) is 2.62. The maximum atomic E-state index is 11.7. The van der Waals surface area contributed by atoms with Gasteiger partial charge in [-0.1, -0.05) is 18.2 Å². The molecule has 1 aromatic heterocycles. The minimum atomic E-state index is -2.94. The number of methoxy groups -OCH3 is 1. The monoisotopic (exact) mass is 390 g/mol. The number of benzene rings is 1. The number of para-hydroxylation sites is 1. The molecular weight excluding hydrogens is 364 g/mol. The normalized spacial score (nSPS) is 18.3. The second kappa shape index (κ2) is 8.12. The molecule has 1 fully saturated rings. The fourth-order valence-corrected chi connectivity index (χ4v) is 5.05. The summed E-state index contributed by atoms with van der Waals surface area (Å²) in [5, 5.41) is 3.34. The van der Waals surface area contributed by atoms with Crippen LogP contribution in [0.1, 0.15) is 17.7 Å². The quantitative estimate of drug-likeness (QED) is 0.775. The van der Waals surface area contributed by atoms with Crippen molar-refractivity contribution in [1.82, 2.24) is 9.97 Å². The van der Waals surface area contributed by atoms with E-state index in [9.17, 15) is 8.42 Å². The van der Waals surface area contributed by atoms with Gasteiger partial charge >= 0.3 is 0 Å². The highest BCUT2D eigenvalue weighted by Gasteiger charge is 2.31. The van der Waals surface area contributed by atoms with Gasteiger partial charge in [-0.15, -0.1) is 0 Å². The number of aromatic nitrogens is 2. The van der Waals surface area contributed by atoms with Gasteiger partial charge in [0.05, 0.1) is 18.6 Å². The van der Waals surface area contributed by atoms with Crippen LogP contribution in [0.2, 0.25) is 0 Å². The standard InChI is InChI=1S/C19H26N4O3S/c1-14-12-18(20-10-8-15-6-4-5-7-17(15)26-3)22-19(21-14)23(2)16-9-11-27(24,25)13-16/h4-7,12,16H,8-11,13H2,1-3H3,(H,20,21,22). The molecule has 0 spiro atoms. The average molecular weight is 391 g/mol. The predicted molar refractivity (Wildman–Crippen MR) is 107 cm³/mol. The molecule has 1 saturated heterocycles. The van der Waals surface area contributed by atoms with Crippen LogP contribution < -0.4 is 15.0 Å². The fraction of sp³-hybridized carbons (Fsp3) is 0.474. The van der Waals surface area contributed by atoms with Crippen molar-refractivity contribution in [2.45, 2.75) is 25.8 Å². The van der Waals surface area contributed by atoms with E-state index in [-0.39, 0.29) is 17.5 Å². The molecule has 0 amide bonds. The van der Waals surface area contributed by atoms with Crippen molar-refractivity contribution in [3.05, 3.63) is 41.6 Å². The molecule has 8 heteroatoms. The van der Waals surface area contributed by atoms with Crippen LogP contribution in [0.15, 0.2) is 30.3 Å². The molecule has 0 aliphatic carbocycles. The molecule has 1 aliphatic rings. The zero-order valence-electron chi connectivity index (χ0n) is 16.0. The summed E-state index contributed by atoms with van der Waals surface area (Å²) >= 11 is 0. The molecule has 1 aromatic carbocycles. The van der Waals surface area contributed by atoms with Gasteiger partial charge in [-0.25, -0.2) is 13.4 Å². The van der Waals surface area contributed by atoms with Gasteiger partial charge < -0.3 is 15.0 Å². The second-order valence-electron chi connectivity index (χ2n) is 6.85. The first-order chi connectivity index (χ1) is 12.9. The van der Waals surface area contributed by atoms with Crippen LogP contribution in [0.5, 0.6) is 5.75 Å². The molecule has 0 bridgehead atoms. The summed E-state index contributed by atoms with van der Waals surface area (Å²) in [5.41, 5.74) is 1.97. The van der Waals surface area contributed by atoms with E-state index in [0.29, 0.717) is 18.9 Å². The highest BCUT2D eigenvalue weighted by Crippen LogP contribution is 2.22. The van der Waals surface area contributed by atoms with Crippen molar-refractivity contribution >= 4 is 21.6 Å². The molecule has 2 aromatic rings. The molecule has 7 nitrogen and oxygen atoms in total. The van der Waals surface area contributed by atoms with Crippen LogP contribution in [-0.2, 0) is 16.3 Å². The first-order valence-corrected chi connectivity index (χ1v) is 10.8. The largest absolute Gasteiger partial charge is 0.496 e. The second-order valence-corrected chi connectivity index (χ2v) is 9.08. The van der Waals surface area contributed by atoms with E-state index in [1.165, 1.54) is 0 Å². The minimum absolute atomic E-state index is 0.0711. The summed E-state index contributed by atoms with van der Waals surface area (Å²) < 4.78 is 28.9. The minimum Gasteiger partial charge on any atom is -0.496 e. The molecule has 1 unspecified atom stereocenters. The summed E-state index contributed by atoms with van der Waals surface area (Å²) in [5.74, 6) is 2.56. The first-order valence-electron chi connectivity index (χ1n) is 9.02. The molecule has 146 valence electrons. The van der Waals surface area contributed by atoms with Crippen molar-refractivity contribution in [1.29, 1.82) is 0 Å². The number of ether oxygens (including phenoxy) is 1. The maximum Gasteiger partial charge on any atom is 0.227 e. The van der Waals surface area contributed by atoms with Crippen LogP contribution in [0, 0.1) is 6.92 Å². The molecule has 0 radical (unpaired) electrons. The zero-order chi connectivity index (χ0) is 19.4. The molecule has 1 aliphatic heterocycles. The molecule has 1 N–H and O–H groups in total. The van der Waals surface area contributed by atoms with Crippen molar-refractivity contribution < 1.29 is 13.2 Å². The predicted octanol–water partition coefficient (Wildman–Crippen LogP) is 2.07. The highest BCUT2D eigenvalue weighted by atomic mass is 32.2. The van der Waals surface area contributed by atoms with Crippen LogP contribution in [0.25, 0.3) is 0 Å². The van der Waals surface area contributed by atoms with E-state index in [1.54, 1.807) is 7.11 Å².